The topological polar surface area (TPSA) is 124 Å². The smallest absolute Gasteiger partial charge is 0.255 e. The SMILES string of the molecule is CC[C@H](O)[C@@H](O)[C@@]1(O)[C@@H]2CC[C@H]1C[C@H](S(=O)(=O)c1cc(C(=O)Nc3ccc(F)c(F)c3)ccc1Cl)C2. The molecule has 0 spiro atoms. The summed E-state index contributed by atoms with van der Waals surface area (Å²) in [7, 11) is -4.04. The van der Waals surface area contributed by atoms with E-state index in [0.29, 0.717) is 12.8 Å². The zero-order chi connectivity index (χ0) is 26.4. The zero-order valence-electron chi connectivity index (χ0n) is 19.5. The summed E-state index contributed by atoms with van der Waals surface area (Å²) in [6.45, 7) is 1.69. The van der Waals surface area contributed by atoms with E-state index in [1.165, 1.54) is 18.2 Å². The van der Waals surface area contributed by atoms with Crippen LogP contribution < -0.4 is 5.32 Å². The van der Waals surface area contributed by atoms with E-state index >= 15 is 0 Å². The molecule has 7 nitrogen and oxygen atoms in total. The van der Waals surface area contributed by atoms with E-state index in [2.05, 4.69) is 5.32 Å². The van der Waals surface area contributed by atoms with Crippen molar-refractivity contribution in [2.75, 3.05) is 5.32 Å². The first-order valence-corrected chi connectivity index (χ1v) is 13.7. The number of hydrogen-bond donors (Lipinski definition) is 4. The Morgan fingerprint density at radius 1 is 1.11 bits per heavy atom. The van der Waals surface area contributed by atoms with Gasteiger partial charge in [0.15, 0.2) is 21.5 Å². The second-order valence-corrected chi connectivity index (χ2v) is 12.2. The maximum atomic E-state index is 13.6. The van der Waals surface area contributed by atoms with Gasteiger partial charge >= 0.3 is 0 Å². The minimum absolute atomic E-state index is 0.00535. The normalized spacial score (nSPS) is 27.5. The third-order valence-electron chi connectivity index (χ3n) is 7.64. The van der Waals surface area contributed by atoms with E-state index in [1.54, 1.807) is 6.92 Å². The molecule has 2 saturated carbocycles. The molecule has 2 aromatic carbocycles. The fourth-order valence-electron chi connectivity index (χ4n) is 5.63. The van der Waals surface area contributed by atoms with Crippen LogP contribution >= 0.6 is 11.6 Å². The number of fused-ring (bicyclic) bond motifs is 2. The van der Waals surface area contributed by atoms with E-state index in [0.717, 1.165) is 18.2 Å². The van der Waals surface area contributed by atoms with Gasteiger partial charge in [0.25, 0.3) is 5.91 Å². The summed E-state index contributed by atoms with van der Waals surface area (Å²) in [5, 5.41) is 33.5. The zero-order valence-corrected chi connectivity index (χ0v) is 21.1. The molecule has 1 amide bonds. The van der Waals surface area contributed by atoms with Crippen LogP contribution in [0.2, 0.25) is 5.02 Å². The van der Waals surface area contributed by atoms with Gasteiger partial charge in [0.2, 0.25) is 0 Å². The van der Waals surface area contributed by atoms with Crippen LogP contribution in [0.4, 0.5) is 14.5 Å². The van der Waals surface area contributed by atoms with E-state index in [1.807, 2.05) is 0 Å². The van der Waals surface area contributed by atoms with Crippen molar-refractivity contribution >= 4 is 33.0 Å². The number of carbonyl (C=O) groups excluding carboxylic acids is 1. The number of halogens is 3. The maximum Gasteiger partial charge on any atom is 0.255 e. The van der Waals surface area contributed by atoms with Crippen LogP contribution in [0.3, 0.4) is 0 Å². The molecule has 4 rings (SSSR count). The summed E-state index contributed by atoms with van der Waals surface area (Å²) in [6, 6.07) is 6.59. The van der Waals surface area contributed by atoms with E-state index in [4.69, 9.17) is 11.6 Å². The van der Waals surface area contributed by atoms with Crippen molar-refractivity contribution in [3.8, 4) is 0 Å². The molecule has 0 radical (unpaired) electrons. The monoisotopic (exact) mass is 543 g/mol. The highest BCUT2D eigenvalue weighted by Gasteiger charge is 2.60. The summed E-state index contributed by atoms with van der Waals surface area (Å²) in [4.78, 5) is 12.4. The van der Waals surface area contributed by atoms with Gasteiger partial charge in [-0.25, -0.2) is 17.2 Å². The van der Waals surface area contributed by atoms with Gasteiger partial charge in [-0.2, -0.15) is 0 Å². The molecule has 36 heavy (non-hydrogen) atoms. The van der Waals surface area contributed by atoms with Crippen LogP contribution in [-0.4, -0.2) is 52.7 Å². The van der Waals surface area contributed by atoms with Gasteiger partial charge in [0.05, 0.1) is 26.9 Å². The Morgan fingerprint density at radius 3 is 2.33 bits per heavy atom. The van der Waals surface area contributed by atoms with E-state index in [-0.39, 0.29) is 40.4 Å². The molecule has 196 valence electrons. The van der Waals surface area contributed by atoms with Gasteiger partial charge in [-0.05, 0) is 74.3 Å². The molecule has 2 aliphatic rings. The Hall–Kier alpha value is -2.11. The van der Waals surface area contributed by atoms with Crippen molar-refractivity contribution < 1.29 is 37.3 Å². The molecule has 6 atom stereocenters. The highest BCUT2D eigenvalue weighted by Crippen LogP contribution is 2.54. The average Bonchev–Trinajstić information content (AvgIpc) is 3.00. The number of benzene rings is 2. The quantitative estimate of drug-likeness (QED) is 0.422. The van der Waals surface area contributed by atoms with Gasteiger partial charge in [0.1, 0.15) is 6.10 Å². The van der Waals surface area contributed by atoms with Crippen LogP contribution in [0.1, 0.15) is 49.4 Å². The third-order valence-corrected chi connectivity index (χ3v) is 10.3. The lowest BCUT2D eigenvalue weighted by Gasteiger charge is -2.46. The fraction of sp³-hybridized carbons (Fsp3) is 0.480. The van der Waals surface area contributed by atoms with E-state index < -0.39 is 62.3 Å². The highest BCUT2D eigenvalue weighted by atomic mass is 35.5. The van der Waals surface area contributed by atoms with Crippen molar-refractivity contribution in [2.45, 2.75) is 67.0 Å². The lowest BCUT2D eigenvalue weighted by molar-refractivity contribution is -0.176. The van der Waals surface area contributed by atoms with Gasteiger partial charge in [-0.1, -0.05) is 18.5 Å². The second-order valence-electron chi connectivity index (χ2n) is 9.65. The lowest BCUT2D eigenvalue weighted by Crippen LogP contribution is -2.59. The largest absolute Gasteiger partial charge is 0.390 e. The number of sulfone groups is 1. The predicted octanol–water partition coefficient (Wildman–Crippen LogP) is 3.70. The molecule has 2 aliphatic carbocycles. The third kappa shape index (κ3) is 4.65. The van der Waals surface area contributed by atoms with E-state index in [9.17, 15) is 37.3 Å². The predicted molar refractivity (Wildman–Crippen MR) is 129 cm³/mol. The number of aliphatic hydroxyl groups is 3. The van der Waals surface area contributed by atoms with Crippen molar-refractivity contribution in [3.05, 3.63) is 58.6 Å². The summed E-state index contributed by atoms with van der Waals surface area (Å²) >= 11 is 6.23. The number of anilines is 1. The summed E-state index contributed by atoms with van der Waals surface area (Å²) in [6.07, 6.45) is -1.06. The van der Waals surface area contributed by atoms with Crippen LogP contribution in [0, 0.1) is 23.5 Å². The number of rotatable bonds is 7. The van der Waals surface area contributed by atoms with Gasteiger partial charge in [-0.15, -0.1) is 0 Å². The maximum absolute atomic E-state index is 13.6. The van der Waals surface area contributed by atoms with Crippen LogP contribution in [0.15, 0.2) is 41.3 Å². The van der Waals surface area contributed by atoms with Crippen molar-refractivity contribution in [2.24, 2.45) is 11.8 Å². The number of nitrogens with one attached hydrogen (secondary N) is 1. The number of carbonyl (C=O) groups is 1. The molecule has 2 fully saturated rings. The minimum Gasteiger partial charge on any atom is -0.390 e. The van der Waals surface area contributed by atoms with Gasteiger partial charge < -0.3 is 20.6 Å². The lowest BCUT2D eigenvalue weighted by atomic mass is 9.69. The molecular weight excluding hydrogens is 516 g/mol. The van der Waals surface area contributed by atoms with Crippen molar-refractivity contribution in [1.29, 1.82) is 0 Å². The molecule has 0 saturated heterocycles. The average molecular weight is 544 g/mol. The minimum atomic E-state index is -4.04. The standard InChI is InChI=1S/C25H28ClF2NO6S/c1-2-21(30)23(31)25(33)14-4-5-15(25)11-17(10-14)36(34,35)22-9-13(3-7-18(22)26)24(32)29-16-6-8-19(27)20(28)12-16/h3,6-9,12,14-15,17,21,23,30-31,33H,2,4-5,10-11H2,1H3,(H,29,32)/t14-,15+,17-,21-,23+,25-/m0/s1. The molecule has 0 heterocycles. The molecule has 0 aliphatic heterocycles. The first-order valence-electron chi connectivity index (χ1n) is 11.8. The van der Waals surface area contributed by atoms with Crippen LogP contribution in [0.5, 0.6) is 0 Å². The van der Waals surface area contributed by atoms with Gasteiger partial charge in [0, 0.05) is 17.3 Å². The number of amides is 1. The molecule has 2 aromatic rings. The van der Waals surface area contributed by atoms with Crippen LogP contribution in [0.25, 0.3) is 0 Å². The van der Waals surface area contributed by atoms with Crippen LogP contribution in [-0.2, 0) is 9.84 Å². The molecule has 2 bridgehead atoms. The number of hydrogen-bond acceptors (Lipinski definition) is 6. The molecule has 11 heteroatoms. The second kappa shape index (κ2) is 9.98. The first-order chi connectivity index (χ1) is 16.9. The Kier molecular flexibility index (Phi) is 7.47. The number of aliphatic hydroxyl groups excluding tert-OH is 2. The summed E-state index contributed by atoms with van der Waals surface area (Å²) in [5.74, 6) is -3.99. The highest BCUT2D eigenvalue weighted by molar-refractivity contribution is 7.92. The molecular formula is C25H28ClF2NO6S. The molecule has 0 aromatic heterocycles. The Morgan fingerprint density at radius 2 is 1.75 bits per heavy atom. The fourth-order valence-corrected chi connectivity index (χ4v) is 8.03. The molecule has 0 unspecified atom stereocenters. The van der Waals surface area contributed by atoms with Crippen molar-refractivity contribution in [3.63, 3.8) is 0 Å². The van der Waals surface area contributed by atoms with Gasteiger partial charge in [-0.3, -0.25) is 4.79 Å². The first kappa shape index (κ1) is 26.9. The molecule has 4 N–H and O–H groups in total. The summed E-state index contributed by atoms with van der Waals surface area (Å²) in [5.41, 5.74) is -1.62. The van der Waals surface area contributed by atoms with Crippen molar-refractivity contribution in [1.82, 2.24) is 0 Å². The Labute approximate surface area is 213 Å². The Bertz CT molecular complexity index is 1260. The Balaban J connectivity index is 1.58. The summed E-state index contributed by atoms with van der Waals surface area (Å²) < 4.78 is 53.9.